The van der Waals surface area contributed by atoms with Crippen LogP contribution in [0.5, 0.6) is 0 Å². The van der Waals surface area contributed by atoms with Crippen LogP contribution in [0.25, 0.3) is 0 Å². The average Bonchev–Trinajstić information content (AvgIpc) is 2.15. The average molecular weight is 189 g/mol. The summed E-state index contributed by atoms with van der Waals surface area (Å²) in [5.74, 6) is 0.0439. The van der Waals surface area contributed by atoms with Gasteiger partial charge >= 0.3 is 0 Å². The van der Waals surface area contributed by atoms with Crippen molar-refractivity contribution in [2.24, 2.45) is 0 Å². The van der Waals surface area contributed by atoms with E-state index in [0.29, 0.717) is 0 Å². The Morgan fingerprint density at radius 1 is 1.43 bits per heavy atom. The molecule has 1 atom stereocenters. The third-order valence-corrected chi connectivity index (χ3v) is 2.73. The third-order valence-electron chi connectivity index (χ3n) is 2.73. The number of anilines is 1. The van der Waals surface area contributed by atoms with E-state index in [2.05, 4.69) is 19.2 Å². The van der Waals surface area contributed by atoms with Gasteiger partial charge in [0.1, 0.15) is 6.29 Å². The predicted octanol–water partition coefficient (Wildman–Crippen LogP) is 2.56. The molecule has 0 bridgehead atoms. The minimum absolute atomic E-state index is 0.0138. The predicted molar refractivity (Wildman–Crippen MR) is 57.6 cm³/mol. The van der Waals surface area contributed by atoms with Gasteiger partial charge in [-0.3, -0.25) is 0 Å². The maximum absolute atomic E-state index is 11.0. The molecule has 14 heavy (non-hydrogen) atoms. The van der Waals surface area contributed by atoms with Gasteiger partial charge in [-0.2, -0.15) is 0 Å². The van der Waals surface area contributed by atoms with E-state index >= 15 is 0 Å². The van der Waals surface area contributed by atoms with Gasteiger partial charge in [0.05, 0.1) is 0 Å². The normalized spacial score (nSPS) is 23.4. The van der Waals surface area contributed by atoms with E-state index < -0.39 is 0 Å². The summed E-state index contributed by atoms with van der Waals surface area (Å²) in [5, 5.41) is 3.44. The highest BCUT2D eigenvalue weighted by Crippen LogP contribution is 2.37. The monoisotopic (exact) mass is 189 g/mol. The number of rotatable bonds is 1. The van der Waals surface area contributed by atoms with Crippen LogP contribution in [0.3, 0.4) is 0 Å². The standard InChI is InChI=1S/C12H15NO/c1-12(2)7-9(8-14)10-5-3-4-6-11(10)13-12/h3-6,8-9,13H,7H2,1-2H3. The first-order valence-corrected chi connectivity index (χ1v) is 4.95. The first-order valence-electron chi connectivity index (χ1n) is 4.95. The molecule has 0 saturated heterocycles. The maximum Gasteiger partial charge on any atom is 0.127 e. The molecule has 0 aromatic heterocycles. The molecule has 2 heteroatoms. The molecule has 0 saturated carbocycles. The molecular formula is C12H15NO. The van der Waals surface area contributed by atoms with E-state index in [9.17, 15) is 4.79 Å². The van der Waals surface area contributed by atoms with Gasteiger partial charge in [-0.15, -0.1) is 0 Å². The second-order valence-electron chi connectivity index (χ2n) is 4.54. The lowest BCUT2D eigenvalue weighted by Crippen LogP contribution is -2.37. The SMILES string of the molecule is CC1(C)CC(C=O)c2ccccc2N1. The molecule has 2 nitrogen and oxygen atoms in total. The topological polar surface area (TPSA) is 29.1 Å². The van der Waals surface area contributed by atoms with E-state index in [4.69, 9.17) is 0 Å². The number of para-hydroxylation sites is 1. The van der Waals surface area contributed by atoms with Crippen LogP contribution in [0.1, 0.15) is 31.7 Å². The number of fused-ring (bicyclic) bond motifs is 1. The van der Waals surface area contributed by atoms with Gasteiger partial charge in [0.25, 0.3) is 0 Å². The minimum atomic E-state index is 0.0138. The fourth-order valence-corrected chi connectivity index (χ4v) is 2.13. The van der Waals surface area contributed by atoms with Crippen molar-refractivity contribution in [1.29, 1.82) is 0 Å². The number of carbonyl (C=O) groups is 1. The van der Waals surface area contributed by atoms with E-state index in [0.717, 1.165) is 24.0 Å². The zero-order valence-electron chi connectivity index (χ0n) is 8.58. The van der Waals surface area contributed by atoms with Gasteiger partial charge < -0.3 is 10.1 Å². The van der Waals surface area contributed by atoms with Crippen LogP contribution < -0.4 is 5.32 Å². The largest absolute Gasteiger partial charge is 0.380 e. The Hall–Kier alpha value is -1.31. The van der Waals surface area contributed by atoms with Crippen molar-refractivity contribution >= 4 is 12.0 Å². The van der Waals surface area contributed by atoms with Gasteiger partial charge in [0.15, 0.2) is 0 Å². The Balaban J connectivity index is 2.46. The van der Waals surface area contributed by atoms with Crippen molar-refractivity contribution in [2.75, 3.05) is 5.32 Å². The molecule has 1 aromatic carbocycles. The van der Waals surface area contributed by atoms with Gasteiger partial charge in [0.2, 0.25) is 0 Å². The Morgan fingerprint density at radius 3 is 2.86 bits per heavy atom. The number of carbonyl (C=O) groups excluding carboxylic acids is 1. The molecule has 0 amide bonds. The lowest BCUT2D eigenvalue weighted by Gasteiger charge is -2.36. The number of hydrogen-bond acceptors (Lipinski definition) is 2. The van der Waals surface area contributed by atoms with Crippen LogP contribution in [-0.2, 0) is 4.79 Å². The van der Waals surface area contributed by atoms with Crippen LogP contribution >= 0.6 is 0 Å². The number of benzene rings is 1. The van der Waals surface area contributed by atoms with Crippen molar-refractivity contribution in [2.45, 2.75) is 31.7 Å². The molecule has 0 fully saturated rings. The second kappa shape index (κ2) is 3.12. The molecule has 1 aliphatic rings. The lowest BCUT2D eigenvalue weighted by atomic mass is 9.82. The van der Waals surface area contributed by atoms with Crippen molar-refractivity contribution in [3.05, 3.63) is 29.8 Å². The summed E-state index contributed by atoms with van der Waals surface area (Å²) in [6, 6.07) is 8.04. The molecule has 1 heterocycles. The maximum atomic E-state index is 11.0. The molecular weight excluding hydrogens is 174 g/mol. The van der Waals surface area contributed by atoms with Crippen molar-refractivity contribution < 1.29 is 4.79 Å². The van der Waals surface area contributed by atoms with E-state index in [1.165, 1.54) is 0 Å². The van der Waals surface area contributed by atoms with Gasteiger partial charge in [0, 0.05) is 17.1 Å². The fraction of sp³-hybridized carbons (Fsp3) is 0.417. The molecule has 0 aliphatic carbocycles. The van der Waals surface area contributed by atoms with E-state index in [1.54, 1.807) is 0 Å². The second-order valence-corrected chi connectivity index (χ2v) is 4.54. The Labute approximate surface area is 84.3 Å². The summed E-state index contributed by atoms with van der Waals surface area (Å²) >= 11 is 0. The molecule has 1 unspecified atom stereocenters. The Morgan fingerprint density at radius 2 is 2.14 bits per heavy atom. The number of hydrogen-bond donors (Lipinski definition) is 1. The van der Waals surface area contributed by atoms with Gasteiger partial charge in [-0.1, -0.05) is 18.2 Å². The van der Waals surface area contributed by atoms with Crippen LogP contribution in [0.4, 0.5) is 5.69 Å². The van der Waals surface area contributed by atoms with E-state index in [-0.39, 0.29) is 11.5 Å². The van der Waals surface area contributed by atoms with E-state index in [1.807, 2.05) is 24.3 Å². The highest BCUT2D eigenvalue weighted by Gasteiger charge is 2.30. The summed E-state index contributed by atoms with van der Waals surface area (Å²) in [5.41, 5.74) is 2.24. The highest BCUT2D eigenvalue weighted by atomic mass is 16.1. The van der Waals surface area contributed by atoms with Crippen molar-refractivity contribution in [3.63, 3.8) is 0 Å². The van der Waals surface area contributed by atoms with Gasteiger partial charge in [-0.25, -0.2) is 0 Å². The zero-order chi connectivity index (χ0) is 10.2. The lowest BCUT2D eigenvalue weighted by molar-refractivity contribution is -0.109. The third kappa shape index (κ3) is 1.52. The first kappa shape index (κ1) is 9.25. The molecule has 0 radical (unpaired) electrons. The van der Waals surface area contributed by atoms with Crippen LogP contribution in [0, 0.1) is 0 Å². The summed E-state index contributed by atoms with van der Waals surface area (Å²) < 4.78 is 0. The van der Waals surface area contributed by atoms with Crippen molar-refractivity contribution in [1.82, 2.24) is 0 Å². The summed E-state index contributed by atoms with van der Waals surface area (Å²) in [4.78, 5) is 11.0. The molecule has 1 aromatic rings. The smallest absolute Gasteiger partial charge is 0.127 e. The number of aldehydes is 1. The molecule has 1 aliphatic heterocycles. The van der Waals surface area contributed by atoms with Crippen LogP contribution in [0.2, 0.25) is 0 Å². The zero-order valence-corrected chi connectivity index (χ0v) is 8.58. The summed E-state index contributed by atoms with van der Waals surface area (Å²) in [6.45, 7) is 4.25. The molecule has 2 rings (SSSR count). The molecule has 1 N–H and O–H groups in total. The summed E-state index contributed by atoms with van der Waals surface area (Å²) in [7, 11) is 0. The first-order chi connectivity index (χ1) is 6.62. The quantitative estimate of drug-likeness (QED) is 0.688. The highest BCUT2D eigenvalue weighted by molar-refractivity contribution is 5.71. The molecule has 0 spiro atoms. The Bertz CT molecular complexity index is 357. The van der Waals surface area contributed by atoms with Crippen LogP contribution in [0.15, 0.2) is 24.3 Å². The summed E-state index contributed by atoms with van der Waals surface area (Å²) in [6.07, 6.45) is 1.93. The van der Waals surface area contributed by atoms with Gasteiger partial charge in [-0.05, 0) is 31.9 Å². The van der Waals surface area contributed by atoms with Crippen LogP contribution in [-0.4, -0.2) is 11.8 Å². The fourth-order valence-electron chi connectivity index (χ4n) is 2.13. The van der Waals surface area contributed by atoms with Crippen molar-refractivity contribution in [3.8, 4) is 0 Å². The minimum Gasteiger partial charge on any atom is -0.380 e. The number of nitrogens with one attached hydrogen (secondary N) is 1. The Kier molecular flexibility index (Phi) is 2.06. The molecule has 74 valence electrons.